The van der Waals surface area contributed by atoms with E-state index in [1.807, 2.05) is 0 Å². The molecule has 0 aromatic rings. The monoisotopic (exact) mass is 97.0 g/mol. The van der Waals surface area contributed by atoms with Crippen LogP contribution in [0.25, 0.3) is 0 Å². The average molecular weight is 97.1 g/mol. The van der Waals surface area contributed by atoms with Gasteiger partial charge in [0.2, 0.25) is 0 Å². The first kappa shape index (κ1) is 2.95. The second kappa shape index (κ2) is 3.74. The minimum absolute atomic E-state index is 0.0667. The highest BCUT2D eigenvalue weighted by Crippen LogP contribution is 1.99. The zero-order valence-corrected chi connectivity index (χ0v) is 3.88. The second-order valence-electron chi connectivity index (χ2n) is 0.302. The lowest BCUT2D eigenvalue weighted by molar-refractivity contribution is 0.650. The third-order valence-corrected chi connectivity index (χ3v) is 0.581. The van der Waals surface area contributed by atoms with Crippen LogP contribution in [0.15, 0.2) is 0 Å². The first-order chi connectivity index (χ1) is 2.41. The Hall–Kier alpha value is 0.740. The first-order valence-electron chi connectivity index (χ1n) is 1.27. The van der Waals surface area contributed by atoms with Gasteiger partial charge in [-0.15, -0.1) is 0 Å². The van der Waals surface area contributed by atoms with Gasteiger partial charge in [0, 0.05) is 14.3 Å². The summed E-state index contributed by atoms with van der Waals surface area (Å²) in [5, 5.41) is 0. The Morgan fingerprint density at radius 3 is 3.25 bits per heavy atom. The fourth-order valence-corrected chi connectivity index (χ4v) is 0. The Kier molecular flexibility index (Phi) is 2.76. The maximum absolute atomic E-state index is 7.95. The van der Waals surface area contributed by atoms with E-state index in [1.165, 1.54) is 0 Å². The molecule has 3 heteroatoms. The molecule has 0 heterocycles. The summed E-state index contributed by atoms with van der Waals surface area (Å²) in [4.78, 5) is 7.95. The topological polar surface area (TPSA) is 20.2 Å². The predicted molar refractivity (Wildman–Crippen MR) is 24.4 cm³/mol. The highest BCUT2D eigenvalue weighted by atomic mass is 32.1. The van der Waals surface area contributed by atoms with Gasteiger partial charge in [0.25, 0.3) is 0 Å². The molecule has 0 saturated heterocycles. The van der Waals surface area contributed by atoms with Crippen LogP contribution in [0.3, 0.4) is 0 Å². The SMILES string of the molecule is [2H]SCPO. The molecule has 0 aliphatic heterocycles. The molecular formula is CH5OPS. The number of rotatable bonds is 2. The van der Waals surface area contributed by atoms with Crippen molar-refractivity contribution < 1.29 is 4.89 Å². The van der Waals surface area contributed by atoms with Crippen molar-refractivity contribution in [2.24, 2.45) is 0 Å². The molecule has 0 radical (unpaired) electrons. The first-order valence-corrected chi connectivity index (χ1v) is 2.60. The van der Waals surface area contributed by atoms with Crippen LogP contribution in [0.5, 0.6) is 0 Å². The predicted octanol–water partition coefficient (Wildman–Crippen LogP) is 0.460. The van der Waals surface area contributed by atoms with Crippen molar-refractivity contribution in [1.29, 1.82) is 1.12 Å². The summed E-state index contributed by atoms with van der Waals surface area (Å²) in [5.74, 6) is 0. The third kappa shape index (κ3) is 2.74. The summed E-state index contributed by atoms with van der Waals surface area (Å²) in [5.41, 5.74) is 0.556. The van der Waals surface area contributed by atoms with Gasteiger partial charge in [-0.1, -0.05) is 0 Å². The van der Waals surface area contributed by atoms with E-state index in [9.17, 15) is 0 Å². The van der Waals surface area contributed by atoms with Gasteiger partial charge in [-0.2, -0.15) is 12.5 Å². The summed E-state index contributed by atoms with van der Waals surface area (Å²) in [6.07, 6.45) is 0. The minimum atomic E-state index is -0.0667. The lowest BCUT2D eigenvalue weighted by Gasteiger charge is -1.69. The van der Waals surface area contributed by atoms with Crippen LogP contribution in [0.1, 0.15) is 0 Å². The van der Waals surface area contributed by atoms with Crippen molar-refractivity contribution in [2.75, 3.05) is 5.49 Å². The number of thiol groups is 1. The van der Waals surface area contributed by atoms with E-state index in [0.717, 1.165) is 12.5 Å². The van der Waals surface area contributed by atoms with Gasteiger partial charge < -0.3 is 4.89 Å². The molecular weight excluding hydrogens is 91.1 g/mol. The van der Waals surface area contributed by atoms with E-state index < -0.39 is 0 Å². The molecule has 4 heavy (non-hydrogen) atoms. The largest absolute Gasteiger partial charge is 0.376 e. The van der Waals surface area contributed by atoms with Gasteiger partial charge in [-0.3, -0.25) is 0 Å². The highest BCUT2D eigenvalue weighted by molar-refractivity contribution is 7.85. The minimum Gasteiger partial charge on any atom is -0.376 e. The molecule has 0 spiro atoms. The molecule has 1 unspecified atom stereocenters. The number of hydrogen-bond donors (Lipinski definition) is 2. The second-order valence-corrected chi connectivity index (χ2v) is 1.77. The average Bonchev–Trinajstić information content (AvgIpc) is 1.41. The van der Waals surface area contributed by atoms with Gasteiger partial charge in [0.1, 0.15) is 1.12 Å². The molecule has 0 aromatic carbocycles. The van der Waals surface area contributed by atoms with Gasteiger partial charge in [-0.25, -0.2) is 0 Å². The van der Waals surface area contributed by atoms with Crippen molar-refractivity contribution >= 4 is 21.3 Å². The quantitative estimate of drug-likeness (QED) is 0.379. The van der Waals surface area contributed by atoms with Crippen LogP contribution >= 0.6 is 21.3 Å². The fraction of sp³-hybridized carbons (Fsp3) is 1.00. The summed E-state index contributed by atoms with van der Waals surface area (Å²) in [6.45, 7) is 0. The van der Waals surface area contributed by atoms with E-state index in [0.29, 0.717) is 5.49 Å². The Balaban J connectivity index is 2.19. The van der Waals surface area contributed by atoms with Crippen molar-refractivity contribution in [2.45, 2.75) is 0 Å². The van der Waals surface area contributed by atoms with E-state index in [2.05, 4.69) is 0 Å². The molecule has 0 fully saturated rings. The van der Waals surface area contributed by atoms with Crippen molar-refractivity contribution in [3.63, 3.8) is 0 Å². The van der Waals surface area contributed by atoms with Gasteiger partial charge in [0.05, 0.1) is 0 Å². The third-order valence-electron chi connectivity index (χ3n) is 0.0645. The molecule has 1 N–H and O–H groups in total. The van der Waals surface area contributed by atoms with Crippen LogP contribution in [-0.4, -0.2) is 11.5 Å². The summed E-state index contributed by atoms with van der Waals surface area (Å²) >= 11 is 0.914. The highest BCUT2D eigenvalue weighted by Gasteiger charge is 1.57. The van der Waals surface area contributed by atoms with E-state index in [4.69, 9.17) is 6.02 Å². The zero-order valence-electron chi connectivity index (χ0n) is 3.06. The van der Waals surface area contributed by atoms with Crippen LogP contribution in [0, 0.1) is 0 Å². The summed E-state index contributed by atoms with van der Waals surface area (Å²) in [7, 11) is -0.0667. The maximum Gasteiger partial charge on any atom is 0.103 e. The van der Waals surface area contributed by atoms with Gasteiger partial charge in [-0.05, 0) is 0 Å². The molecule has 1 nitrogen and oxygen atoms in total. The lowest BCUT2D eigenvalue weighted by atomic mass is 11.9. The standard InChI is InChI=1S/CH5OPS/c2-3-1-4/h2-4H,1H2/i/hD. The zero-order chi connectivity index (χ0) is 4.12. The number of hydrogen-bond acceptors (Lipinski definition) is 2. The van der Waals surface area contributed by atoms with Gasteiger partial charge in [0.15, 0.2) is 0 Å². The molecule has 0 rings (SSSR count). The Morgan fingerprint density at radius 1 is 2.50 bits per heavy atom. The fourth-order valence-electron chi connectivity index (χ4n) is 0. The normalized spacial score (nSPS) is 13.8. The smallest absolute Gasteiger partial charge is 0.103 e. The van der Waals surface area contributed by atoms with Crippen molar-refractivity contribution in [3.05, 3.63) is 0 Å². The summed E-state index contributed by atoms with van der Waals surface area (Å²) < 4.78 is 6.37. The van der Waals surface area contributed by atoms with Crippen LogP contribution in [-0.2, 0) is 0 Å². The molecule has 0 aliphatic rings. The molecule has 0 aliphatic carbocycles. The Labute approximate surface area is 33.8 Å². The van der Waals surface area contributed by atoms with E-state index in [-0.39, 0.29) is 8.81 Å². The van der Waals surface area contributed by atoms with Crippen molar-refractivity contribution in [1.82, 2.24) is 0 Å². The van der Waals surface area contributed by atoms with Gasteiger partial charge >= 0.3 is 0 Å². The molecule has 0 aromatic heterocycles. The molecule has 26 valence electrons. The van der Waals surface area contributed by atoms with E-state index >= 15 is 0 Å². The van der Waals surface area contributed by atoms with Crippen molar-refractivity contribution in [3.8, 4) is 0 Å². The van der Waals surface area contributed by atoms with Crippen LogP contribution in [0.2, 0.25) is 0 Å². The molecule has 0 saturated carbocycles. The molecule has 0 amide bonds. The Bertz CT molecular complexity index is 19.1. The maximum atomic E-state index is 7.95. The van der Waals surface area contributed by atoms with Crippen LogP contribution in [0.4, 0.5) is 0 Å². The Morgan fingerprint density at radius 2 is 3.25 bits per heavy atom. The lowest BCUT2D eigenvalue weighted by Crippen LogP contribution is -1.41. The van der Waals surface area contributed by atoms with Crippen LogP contribution < -0.4 is 0 Å². The molecule has 0 bridgehead atoms. The summed E-state index contributed by atoms with van der Waals surface area (Å²) in [6, 6.07) is 0. The molecule has 1 atom stereocenters. The van der Waals surface area contributed by atoms with E-state index in [1.54, 1.807) is 0 Å².